The minimum Gasteiger partial charge on any atom is -0.364 e. The van der Waals surface area contributed by atoms with E-state index >= 15 is 0 Å². The van der Waals surface area contributed by atoms with Crippen LogP contribution in [-0.4, -0.2) is 59.4 Å². The molecule has 0 bridgehead atoms. The van der Waals surface area contributed by atoms with E-state index in [2.05, 4.69) is 32.2 Å². The maximum Gasteiger partial charge on any atom is 0.227 e. The largest absolute Gasteiger partial charge is 0.364 e. The third-order valence-corrected chi connectivity index (χ3v) is 5.97. The second-order valence-corrected chi connectivity index (χ2v) is 8.23. The van der Waals surface area contributed by atoms with Gasteiger partial charge in [0.05, 0.1) is 12.0 Å². The summed E-state index contributed by atoms with van der Waals surface area (Å²) in [5, 5.41) is 3.51. The van der Waals surface area contributed by atoms with Gasteiger partial charge < -0.3 is 14.8 Å². The number of aromatic nitrogens is 6. The Kier molecular flexibility index (Phi) is 5.68. The Balaban J connectivity index is 1.35. The summed E-state index contributed by atoms with van der Waals surface area (Å²) in [6.45, 7) is 6.00. The first-order valence-electron chi connectivity index (χ1n) is 11.2. The number of anilines is 1. The molecular formula is C24H26N8O. The number of aryl methyl sites for hydroxylation is 2. The highest BCUT2D eigenvalue weighted by atomic mass is 16.2. The van der Waals surface area contributed by atoms with Crippen molar-refractivity contribution < 1.29 is 4.79 Å². The van der Waals surface area contributed by atoms with Crippen LogP contribution in [0.25, 0.3) is 22.6 Å². The molecule has 1 aliphatic heterocycles. The van der Waals surface area contributed by atoms with Crippen molar-refractivity contribution in [3.63, 3.8) is 0 Å². The van der Waals surface area contributed by atoms with E-state index in [1.165, 1.54) is 0 Å². The number of nitrogens with zero attached hydrogens (tertiary/aromatic N) is 7. The van der Waals surface area contributed by atoms with Crippen LogP contribution in [0.1, 0.15) is 24.7 Å². The third kappa shape index (κ3) is 4.26. The average Bonchev–Trinajstić information content (AvgIpc) is 3.45. The Morgan fingerprint density at radius 3 is 2.67 bits per heavy atom. The summed E-state index contributed by atoms with van der Waals surface area (Å²) in [6, 6.07) is 9.97. The van der Waals surface area contributed by atoms with Gasteiger partial charge in [-0.25, -0.2) is 24.9 Å². The van der Waals surface area contributed by atoms with Gasteiger partial charge in [-0.2, -0.15) is 0 Å². The molecule has 168 valence electrons. The molecular weight excluding hydrogens is 416 g/mol. The van der Waals surface area contributed by atoms with Gasteiger partial charge in [-0.1, -0.05) is 30.3 Å². The quantitative estimate of drug-likeness (QED) is 0.490. The molecule has 1 atom stereocenters. The lowest BCUT2D eigenvalue weighted by molar-refractivity contribution is -0.129. The van der Waals surface area contributed by atoms with Crippen molar-refractivity contribution in [2.45, 2.75) is 39.3 Å². The van der Waals surface area contributed by atoms with Crippen molar-refractivity contribution in [3.8, 4) is 11.4 Å². The summed E-state index contributed by atoms with van der Waals surface area (Å²) in [6.07, 6.45) is 6.40. The number of benzene rings is 1. The van der Waals surface area contributed by atoms with Crippen LogP contribution in [0.5, 0.6) is 0 Å². The number of fused-ring (bicyclic) bond motifs is 1. The number of carbonyl (C=O) groups excluding carboxylic acids is 1. The molecule has 1 amide bonds. The Morgan fingerprint density at radius 2 is 1.91 bits per heavy atom. The average molecular weight is 443 g/mol. The Labute approximate surface area is 191 Å². The van der Waals surface area contributed by atoms with E-state index in [0.717, 1.165) is 35.6 Å². The zero-order valence-electron chi connectivity index (χ0n) is 18.8. The molecule has 0 unspecified atom stereocenters. The van der Waals surface area contributed by atoms with E-state index in [9.17, 15) is 4.79 Å². The fourth-order valence-electron chi connectivity index (χ4n) is 4.25. The highest BCUT2D eigenvalue weighted by molar-refractivity contribution is 5.86. The van der Waals surface area contributed by atoms with Gasteiger partial charge in [0.25, 0.3) is 0 Å². The van der Waals surface area contributed by atoms with Crippen LogP contribution in [0.4, 0.5) is 5.82 Å². The van der Waals surface area contributed by atoms with Gasteiger partial charge in [0.15, 0.2) is 17.0 Å². The van der Waals surface area contributed by atoms with E-state index in [-0.39, 0.29) is 11.9 Å². The molecule has 3 aromatic heterocycles. The maximum atomic E-state index is 12.7. The minimum absolute atomic E-state index is 0.112. The second-order valence-electron chi connectivity index (χ2n) is 8.23. The summed E-state index contributed by atoms with van der Waals surface area (Å²) < 4.78 is 2.04. The molecule has 1 N–H and O–H groups in total. The molecule has 1 aromatic carbocycles. The van der Waals surface area contributed by atoms with Crippen LogP contribution < -0.4 is 5.32 Å². The van der Waals surface area contributed by atoms with Crippen molar-refractivity contribution in [2.75, 3.05) is 18.4 Å². The monoisotopic (exact) mass is 442 g/mol. The van der Waals surface area contributed by atoms with Crippen molar-refractivity contribution in [1.29, 1.82) is 0 Å². The predicted molar refractivity (Wildman–Crippen MR) is 126 cm³/mol. The van der Waals surface area contributed by atoms with E-state index in [4.69, 9.17) is 4.98 Å². The molecule has 0 spiro atoms. The van der Waals surface area contributed by atoms with Gasteiger partial charge in [-0.15, -0.1) is 0 Å². The predicted octanol–water partition coefficient (Wildman–Crippen LogP) is 2.87. The van der Waals surface area contributed by atoms with Gasteiger partial charge in [0.1, 0.15) is 18.0 Å². The molecule has 4 aromatic rings. The van der Waals surface area contributed by atoms with Gasteiger partial charge in [0, 0.05) is 38.1 Å². The summed E-state index contributed by atoms with van der Waals surface area (Å²) in [7, 11) is 0. The molecule has 1 aliphatic rings. The standard InChI is InChI=1S/C24H26N8O/c1-3-32-23(18-12-25-16(2)26-13-18)30-21-22(27-15-28-24(21)32)29-19-9-10-31(14-19)20(33)11-17-7-5-4-6-8-17/h4-8,12-13,15,19H,3,9-11,14H2,1-2H3,(H,27,28,29)/t19-/m0/s1. The lowest BCUT2D eigenvalue weighted by Gasteiger charge is -2.17. The van der Waals surface area contributed by atoms with Gasteiger partial charge in [0.2, 0.25) is 5.91 Å². The number of nitrogens with one attached hydrogen (secondary N) is 1. The molecule has 0 radical (unpaired) electrons. The van der Waals surface area contributed by atoms with Crippen LogP contribution in [0.3, 0.4) is 0 Å². The first kappa shape index (κ1) is 21.0. The normalized spacial score (nSPS) is 15.8. The van der Waals surface area contributed by atoms with Crippen molar-refractivity contribution in [3.05, 3.63) is 60.4 Å². The number of carbonyl (C=O) groups is 1. The second kappa shape index (κ2) is 8.93. The molecule has 5 rings (SSSR count). The number of amides is 1. The first-order chi connectivity index (χ1) is 16.1. The lowest BCUT2D eigenvalue weighted by atomic mass is 10.1. The van der Waals surface area contributed by atoms with Crippen LogP contribution >= 0.6 is 0 Å². The Hall–Kier alpha value is -3.88. The van der Waals surface area contributed by atoms with E-state index < -0.39 is 0 Å². The zero-order chi connectivity index (χ0) is 22.8. The molecule has 9 heteroatoms. The number of likely N-dealkylation sites (tertiary alicyclic amines) is 1. The van der Waals surface area contributed by atoms with E-state index in [1.54, 1.807) is 18.7 Å². The van der Waals surface area contributed by atoms with Crippen LogP contribution in [0, 0.1) is 6.92 Å². The number of imidazole rings is 1. The lowest BCUT2D eigenvalue weighted by Crippen LogP contribution is -2.32. The molecule has 0 saturated carbocycles. The summed E-state index contributed by atoms with van der Waals surface area (Å²) >= 11 is 0. The van der Waals surface area contributed by atoms with Crippen molar-refractivity contribution in [2.24, 2.45) is 0 Å². The van der Waals surface area contributed by atoms with Crippen molar-refractivity contribution in [1.82, 2.24) is 34.4 Å². The fourth-order valence-corrected chi connectivity index (χ4v) is 4.25. The minimum atomic E-state index is 0.112. The Bertz CT molecular complexity index is 1270. The third-order valence-electron chi connectivity index (χ3n) is 5.97. The number of hydrogen-bond acceptors (Lipinski definition) is 7. The molecule has 9 nitrogen and oxygen atoms in total. The van der Waals surface area contributed by atoms with Crippen LogP contribution in [0.2, 0.25) is 0 Å². The van der Waals surface area contributed by atoms with E-state index in [0.29, 0.717) is 36.7 Å². The summed E-state index contributed by atoms with van der Waals surface area (Å²) in [5.74, 6) is 2.31. The molecule has 1 fully saturated rings. The van der Waals surface area contributed by atoms with Crippen LogP contribution in [-0.2, 0) is 17.8 Å². The highest BCUT2D eigenvalue weighted by Crippen LogP contribution is 2.27. The first-order valence-corrected chi connectivity index (χ1v) is 11.2. The molecule has 33 heavy (non-hydrogen) atoms. The topological polar surface area (TPSA) is 102 Å². The van der Waals surface area contributed by atoms with Gasteiger partial charge in [-0.05, 0) is 25.8 Å². The fraction of sp³-hybridized carbons (Fsp3) is 0.333. The summed E-state index contributed by atoms with van der Waals surface area (Å²) in [4.78, 5) is 37.1. The molecule has 1 saturated heterocycles. The summed E-state index contributed by atoms with van der Waals surface area (Å²) in [5.41, 5.74) is 3.35. The smallest absolute Gasteiger partial charge is 0.227 e. The number of rotatable bonds is 6. The number of hydrogen-bond donors (Lipinski definition) is 1. The Morgan fingerprint density at radius 1 is 1.12 bits per heavy atom. The van der Waals surface area contributed by atoms with Crippen molar-refractivity contribution >= 4 is 22.9 Å². The SMILES string of the molecule is CCn1c(-c2cnc(C)nc2)nc2c(N[C@H]3CCN(C(=O)Cc4ccccc4)C3)ncnc21. The van der Waals surface area contributed by atoms with E-state index in [1.807, 2.05) is 46.7 Å². The maximum absolute atomic E-state index is 12.7. The molecule has 4 heterocycles. The highest BCUT2D eigenvalue weighted by Gasteiger charge is 2.27. The zero-order valence-corrected chi connectivity index (χ0v) is 18.8. The van der Waals surface area contributed by atoms with Gasteiger partial charge in [-0.3, -0.25) is 4.79 Å². The van der Waals surface area contributed by atoms with Crippen LogP contribution in [0.15, 0.2) is 49.1 Å². The molecule has 0 aliphatic carbocycles. The van der Waals surface area contributed by atoms with Gasteiger partial charge >= 0.3 is 0 Å².